The molecular formula is C21H29N5O2. The molecule has 28 heavy (non-hydrogen) atoms. The van der Waals surface area contributed by atoms with Crippen molar-refractivity contribution in [3.05, 3.63) is 18.3 Å². The summed E-state index contributed by atoms with van der Waals surface area (Å²) in [5.74, 6) is 1.84. The van der Waals surface area contributed by atoms with Crippen LogP contribution in [-0.2, 0) is 9.59 Å². The maximum atomic E-state index is 12.6. The number of pyridine rings is 1. The van der Waals surface area contributed by atoms with Gasteiger partial charge in [-0.1, -0.05) is 0 Å². The van der Waals surface area contributed by atoms with E-state index in [4.69, 9.17) is 0 Å². The number of aromatic nitrogens is 1. The molecule has 0 bridgehead atoms. The van der Waals surface area contributed by atoms with E-state index in [1.165, 1.54) is 0 Å². The van der Waals surface area contributed by atoms with E-state index in [2.05, 4.69) is 20.5 Å². The van der Waals surface area contributed by atoms with Gasteiger partial charge in [-0.15, -0.1) is 0 Å². The second-order valence-corrected chi connectivity index (χ2v) is 8.85. The lowest BCUT2D eigenvalue weighted by atomic mass is 9.92. The van der Waals surface area contributed by atoms with Crippen molar-refractivity contribution in [2.24, 2.45) is 17.3 Å². The van der Waals surface area contributed by atoms with Crippen LogP contribution >= 0.6 is 0 Å². The first-order chi connectivity index (χ1) is 13.6. The number of amides is 2. The van der Waals surface area contributed by atoms with E-state index < -0.39 is 0 Å². The van der Waals surface area contributed by atoms with Crippen LogP contribution in [0.4, 0.5) is 11.5 Å². The smallest absolute Gasteiger partial charge is 0.228 e. The summed E-state index contributed by atoms with van der Waals surface area (Å²) in [6.45, 7) is 5.23. The monoisotopic (exact) mass is 383 g/mol. The number of hydrogen-bond acceptors (Lipinski definition) is 5. The highest BCUT2D eigenvalue weighted by atomic mass is 16.2. The normalized spacial score (nSPS) is 26.2. The Morgan fingerprint density at radius 3 is 2.50 bits per heavy atom. The fourth-order valence-corrected chi connectivity index (χ4v) is 4.82. The number of hydrogen-bond donors (Lipinski definition) is 2. The van der Waals surface area contributed by atoms with Gasteiger partial charge in [-0.2, -0.15) is 0 Å². The van der Waals surface area contributed by atoms with E-state index in [9.17, 15) is 9.59 Å². The first-order valence-electron chi connectivity index (χ1n) is 10.7. The molecule has 0 aromatic carbocycles. The van der Waals surface area contributed by atoms with Crippen LogP contribution in [0.3, 0.4) is 0 Å². The third-order valence-electron chi connectivity index (χ3n) is 6.96. The predicted octanol–water partition coefficient (Wildman–Crippen LogP) is 1.47. The second kappa shape index (κ2) is 7.03. The Bertz CT molecular complexity index is 747. The molecule has 3 heterocycles. The van der Waals surface area contributed by atoms with Gasteiger partial charge in [0.1, 0.15) is 5.82 Å². The van der Waals surface area contributed by atoms with Gasteiger partial charge in [0, 0.05) is 38.0 Å². The molecule has 1 aromatic rings. The summed E-state index contributed by atoms with van der Waals surface area (Å²) < 4.78 is 0. The van der Waals surface area contributed by atoms with Crippen molar-refractivity contribution in [1.29, 1.82) is 0 Å². The molecule has 150 valence electrons. The van der Waals surface area contributed by atoms with E-state index >= 15 is 0 Å². The molecule has 4 aliphatic rings. The lowest BCUT2D eigenvalue weighted by Crippen LogP contribution is -2.49. The predicted molar refractivity (Wildman–Crippen MR) is 107 cm³/mol. The van der Waals surface area contributed by atoms with Crippen molar-refractivity contribution >= 4 is 23.3 Å². The molecule has 0 radical (unpaired) electrons. The molecule has 2 saturated carbocycles. The number of nitrogens with zero attached hydrogens (tertiary/aromatic N) is 3. The van der Waals surface area contributed by atoms with Crippen molar-refractivity contribution in [3.8, 4) is 0 Å². The van der Waals surface area contributed by atoms with Gasteiger partial charge in [0.05, 0.1) is 11.9 Å². The number of anilines is 2. The molecule has 2 amide bonds. The molecule has 1 unspecified atom stereocenters. The molecule has 2 saturated heterocycles. The van der Waals surface area contributed by atoms with E-state index in [1.54, 1.807) is 6.20 Å². The van der Waals surface area contributed by atoms with E-state index in [1.807, 2.05) is 17.0 Å². The van der Waals surface area contributed by atoms with Gasteiger partial charge in [0.15, 0.2) is 0 Å². The maximum absolute atomic E-state index is 12.6. The Morgan fingerprint density at radius 2 is 1.86 bits per heavy atom. The summed E-state index contributed by atoms with van der Waals surface area (Å²) in [6.07, 6.45) is 7.12. The van der Waals surface area contributed by atoms with Gasteiger partial charge in [0.2, 0.25) is 11.8 Å². The number of carbonyl (C=O) groups is 2. The third kappa shape index (κ3) is 3.48. The van der Waals surface area contributed by atoms with Gasteiger partial charge in [-0.05, 0) is 62.7 Å². The molecule has 7 nitrogen and oxygen atoms in total. The van der Waals surface area contributed by atoms with Crippen LogP contribution in [-0.4, -0.2) is 61.0 Å². The van der Waals surface area contributed by atoms with Crippen LogP contribution in [0.5, 0.6) is 0 Å². The summed E-state index contributed by atoms with van der Waals surface area (Å²) in [7, 11) is 0. The minimum absolute atomic E-state index is 0.142. The SMILES string of the molecule is O=C(Nc1ccc(N2CCN(C(=O)C3CC3)CC2)nc1)C1CC12CCNCC2. The topological polar surface area (TPSA) is 77.6 Å². The molecule has 5 rings (SSSR count). The highest BCUT2D eigenvalue weighted by molar-refractivity contribution is 5.95. The van der Waals surface area contributed by atoms with Gasteiger partial charge < -0.3 is 20.4 Å². The van der Waals surface area contributed by atoms with Crippen LogP contribution in [0.1, 0.15) is 32.1 Å². The first-order valence-corrected chi connectivity index (χ1v) is 10.7. The zero-order valence-corrected chi connectivity index (χ0v) is 16.3. The van der Waals surface area contributed by atoms with Crippen LogP contribution in [0, 0.1) is 17.3 Å². The standard InChI is InChI=1S/C21H29N5O2/c27-19(17-13-21(17)5-7-22-8-6-21)24-16-3-4-18(23-14-16)25-9-11-26(12-10-25)20(28)15-1-2-15/h3-4,14-15,17,22H,1-2,5-13H2,(H,24,27). The first kappa shape index (κ1) is 17.9. The highest BCUT2D eigenvalue weighted by Crippen LogP contribution is 2.58. The fourth-order valence-electron chi connectivity index (χ4n) is 4.82. The maximum Gasteiger partial charge on any atom is 0.228 e. The Kier molecular flexibility index (Phi) is 4.50. The number of carbonyl (C=O) groups excluding carboxylic acids is 2. The zero-order chi connectivity index (χ0) is 19.1. The number of nitrogens with one attached hydrogen (secondary N) is 2. The molecule has 2 aliphatic carbocycles. The average molecular weight is 383 g/mol. The van der Waals surface area contributed by atoms with Crippen LogP contribution in [0.25, 0.3) is 0 Å². The third-order valence-corrected chi connectivity index (χ3v) is 6.96. The minimum Gasteiger partial charge on any atom is -0.353 e. The molecule has 1 aromatic heterocycles. The lowest BCUT2D eigenvalue weighted by molar-refractivity contribution is -0.132. The van der Waals surface area contributed by atoms with Crippen LogP contribution in [0.2, 0.25) is 0 Å². The lowest BCUT2D eigenvalue weighted by Gasteiger charge is -2.35. The molecule has 1 atom stereocenters. The molecule has 2 aliphatic heterocycles. The highest BCUT2D eigenvalue weighted by Gasteiger charge is 2.57. The summed E-state index contributed by atoms with van der Waals surface area (Å²) in [5.41, 5.74) is 1.02. The molecule has 2 N–H and O–H groups in total. The number of rotatable bonds is 4. The summed E-state index contributed by atoms with van der Waals surface area (Å²) in [4.78, 5) is 33.5. The Balaban J connectivity index is 1.13. The average Bonchev–Trinajstić information content (AvgIpc) is 3.66. The molecular weight excluding hydrogens is 354 g/mol. The van der Waals surface area contributed by atoms with Crippen molar-refractivity contribution in [2.45, 2.75) is 32.1 Å². The number of piperidine rings is 1. The second-order valence-electron chi connectivity index (χ2n) is 8.85. The zero-order valence-electron chi connectivity index (χ0n) is 16.3. The van der Waals surface area contributed by atoms with Crippen LogP contribution in [0.15, 0.2) is 18.3 Å². The van der Waals surface area contributed by atoms with Crippen molar-refractivity contribution < 1.29 is 9.59 Å². The van der Waals surface area contributed by atoms with E-state index in [0.717, 1.165) is 82.9 Å². The van der Waals surface area contributed by atoms with Crippen LogP contribution < -0.4 is 15.5 Å². The van der Waals surface area contributed by atoms with Gasteiger partial charge in [0.25, 0.3) is 0 Å². The van der Waals surface area contributed by atoms with Crippen molar-refractivity contribution in [2.75, 3.05) is 49.5 Å². The quantitative estimate of drug-likeness (QED) is 0.823. The van der Waals surface area contributed by atoms with Crippen molar-refractivity contribution in [3.63, 3.8) is 0 Å². The Morgan fingerprint density at radius 1 is 1.11 bits per heavy atom. The summed E-state index contributed by atoms with van der Waals surface area (Å²) in [6, 6.07) is 3.92. The Labute approximate surface area is 165 Å². The van der Waals surface area contributed by atoms with Gasteiger partial charge in [-0.25, -0.2) is 4.98 Å². The molecule has 1 spiro atoms. The summed E-state index contributed by atoms with van der Waals surface area (Å²) in [5, 5.41) is 6.43. The minimum atomic E-state index is 0.142. The number of piperazine rings is 1. The van der Waals surface area contributed by atoms with Crippen molar-refractivity contribution in [1.82, 2.24) is 15.2 Å². The largest absolute Gasteiger partial charge is 0.353 e. The molecule has 4 fully saturated rings. The summed E-state index contributed by atoms with van der Waals surface area (Å²) >= 11 is 0. The van der Waals surface area contributed by atoms with Gasteiger partial charge in [-0.3, -0.25) is 9.59 Å². The van der Waals surface area contributed by atoms with Gasteiger partial charge >= 0.3 is 0 Å². The van der Waals surface area contributed by atoms with E-state index in [-0.39, 0.29) is 17.2 Å². The fraction of sp³-hybridized carbons (Fsp3) is 0.667. The Hall–Kier alpha value is -2.15. The molecule has 7 heteroatoms. The van der Waals surface area contributed by atoms with E-state index in [0.29, 0.717) is 11.8 Å².